The first-order valence-corrected chi connectivity index (χ1v) is 13.0. The lowest BCUT2D eigenvalue weighted by molar-refractivity contribution is -0.138. The number of aromatic nitrogens is 1. The first-order chi connectivity index (χ1) is 19.3. The molecule has 1 unspecified atom stereocenters. The van der Waals surface area contributed by atoms with Gasteiger partial charge in [-0.3, -0.25) is 9.36 Å². The van der Waals surface area contributed by atoms with E-state index in [1.807, 2.05) is 6.07 Å². The minimum atomic E-state index is -0.827. The van der Waals surface area contributed by atoms with Crippen molar-refractivity contribution in [3.05, 3.63) is 115 Å². The number of esters is 2. The predicted molar refractivity (Wildman–Crippen MR) is 151 cm³/mol. The molecule has 1 aliphatic rings. The Morgan fingerprint density at radius 2 is 1.75 bits per heavy atom. The summed E-state index contributed by atoms with van der Waals surface area (Å²) in [6.45, 7) is 9.27. The van der Waals surface area contributed by atoms with Gasteiger partial charge in [-0.1, -0.05) is 54.8 Å². The molecule has 0 saturated heterocycles. The molecule has 1 atom stereocenters. The number of hydrogen-bond donors (Lipinski definition) is 0. The monoisotopic (exact) mass is 560 g/mol. The van der Waals surface area contributed by atoms with Crippen LogP contribution < -0.4 is 24.4 Å². The molecule has 0 aliphatic carbocycles. The van der Waals surface area contributed by atoms with Crippen LogP contribution >= 0.6 is 11.3 Å². The number of carbonyl (C=O) groups excluding carboxylic acids is 2. The third-order valence-corrected chi connectivity index (χ3v) is 7.05. The SMILES string of the molecule is C=CCOC(=O)C1=C(C)N=c2sc(=Cc3ccc(OCC=C)c(OC)c3)c(=O)n2C1c1ccc(C(=O)OC)cc1. The van der Waals surface area contributed by atoms with Crippen molar-refractivity contribution < 1.29 is 28.5 Å². The van der Waals surface area contributed by atoms with Crippen molar-refractivity contribution in [1.82, 2.24) is 4.57 Å². The van der Waals surface area contributed by atoms with Gasteiger partial charge in [0.15, 0.2) is 16.3 Å². The van der Waals surface area contributed by atoms with Crippen LogP contribution in [0.1, 0.15) is 34.5 Å². The fourth-order valence-electron chi connectivity index (χ4n) is 4.22. The molecule has 0 fully saturated rings. The van der Waals surface area contributed by atoms with Crippen LogP contribution in [0.5, 0.6) is 11.5 Å². The van der Waals surface area contributed by atoms with Gasteiger partial charge < -0.3 is 18.9 Å². The first kappa shape index (κ1) is 28.3. The maximum Gasteiger partial charge on any atom is 0.338 e. The molecule has 0 N–H and O–H groups in total. The number of thiazole rings is 1. The van der Waals surface area contributed by atoms with E-state index in [-0.39, 0.29) is 17.7 Å². The van der Waals surface area contributed by atoms with E-state index in [4.69, 9.17) is 18.9 Å². The summed E-state index contributed by atoms with van der Waals surface area (Å²) in [6, 6.07) is 11.0. The van der Waals surface area contributed by atoms with Crippen LogP contribution in [0.2, 0.25) is 0 Å². The van der Waals surface area contributed by atoms with Gasteiger partial charge in [0.25, 0.3) is 5.56 Å². The highest BCUT2D eigenvalue weighted by Gasteiger charge is 2.33. The summed E-state index contributed by atoms with van der Waals surface area (Å²) < 4.78 is 23.1. The molecular formula is C30H28N2O7S. The van der Waals surface area contributed by atoms with Crippen molar-refractivity contribution in [1.29, 1.82) is 0 Å². The van der Waals surface area contributed by atoms with Gasteiger partial charge in [-0.15, -0.1) is 0 Å². The Balaban J connectivity index is 1.86. The number of carbonyl (C=O) groups is 2. The highest BCUT2D eigenvalue weighted by atomic mass is 32.1. The van der Waals surface area contributed by atoms with Gasteiger partial charge in [0.1, 0.15) is 13.2 Å². The summed E-state index contributed by atoms with van der Waals surface area (Å²) in [4.78, 5) is 44.0. The summed E-state index contributed by atoms with van der Waals surface area (Å²) in [5.74, 6) is -0.0498. The van der Waals surface area contributed by atoms with Gasteiger partial charge in [-0.25, -0.2) is 14.6 Å². The highest BCUT2D eigenvalue weighted by molar-refractivity contribution is 7.07. The quantitative estimate of drug-likeness (QED) is 0.277. The number of rotatable bonds is 10. The molecule has 206 valence electrons. The van der Waals surface area contributed by atoms with Crippen molar-refractivity contribution in [2.45, 2.75) is 13.0 Å². The zero-order valence-electron chi connectivity index (χ0n) is 22.3. The molecule has 1 aliphatic heterocycles. The fraction of sp³-hybridized carbons (Fsp3) is 0.200. The number of benzene rings is 2. The zero-order valence-corrected chi connectivity index (χ0v) is 23.2. The van der Waals surface area contributed by atoms with E-state index in [0.717, 1.165) is 0 Å². The molecule has 4 rings (SSSR count). The Bertz CT molecular complexity index is 1680. The van der Waals surface area contributed by atoms with Crippen molar-refractivity contribution in [3.63, 3.8) is 0 Å². The Hall–Kier alpha value is -4.70. The lowest BCUT2D eigenvalue weighted by atomic mass is 9.95. The second-order valence-electron chi connectivity index (χ2n) is 8.59. The van der Waals surface area contributed by atoms with E-state index < -0.39 is 18.0 Å². The van der Waals surface area contributed by atoms with E-state index in [2.05, 4.69) is 18.2 Å². The summed E-state index contributed by atoms with van der Waals surface area (Å²) >= 11 is 1.20. The van der Waals surface area contributed by atoms with Crippen LogP contribution in [-0.4, -0.2) is 43.9 Å². The van der Waals surface area contributed by atoms with Gasteiger partial charge >= 0.3 is 11.9 Å². The van der Waals surface area contributed by atoms with Crippen molar-refractivity contribution in [2.24, 2.45) is 4.99 Å². The normalized spacial score (nSPS) is 14.6. The topological polar surface area (TPSA) is 105 Å². The Labute approximate surface area is 234 Å². The number of ether oxygens (including phenoxy) is 4. The molecule has 0 bridgehead atoms. The molecule has 1 aromatic heterocycles. The Morgan fingerprint density at radius 1 is 1.02 bits per heavy atom. The van der Waals surface area contributed by atoms with Crippen LogP contribution in [-0.2, 0) is 14.3 Å². The molecule has 3 aromatic rings. The first-order valence-electron chi connectivity index (χ1n) is 12.2. The number of nitrogens with zero attached hydrogens (tertiary/aromatic N) is 2. The maximum absolute atomic E-state index is 13.8. The number of allylic oxidation sites excluding steroid dienone is 1. The summed E-state index contributed by atoms with van der Waals surface area (Å²) in [6.07, 6.45) is 4.83. The molecule has 9 nitrogen and oxygen atoms in total. The van der Waals surface area contributed by atoms with Gasteiger partial charge in [-0.2, -0.15) is 0 Å². The van der Waals surface area contributed by atoms with Crippen molar-refractivity contribution >= 4 is 29.4 Å². The Kier molecular flexibility index (Phi) is 8.80. The fourth-order valence-corrected chi connectivity index (χ4v) is 5.27. The van der Waals surface area contributed by atoms with E-state index in [0.29, 0.717) is 49.8 Å². The number of methoxy groups -OCH3 is 2. The van der Waals surface area contributed by atoms with Crippen LogP contribution in [0.4, 0.5) is 0 Å². The molecule has 0 spiro atoms. The molecule has 2 aromatic carbocycles. The molecule has 0 saturated carbocycles. The highest BCUT2D eigenvalue weighted by Crippen LogP contribution is 2.31. The maximum atomic E-state index is 13.8. The molecule has 2 heterocycles. The summed E-state index contributed by atoms with van der Waals surface area (Å²) in [7, 11) is 2.83. The minimum Gasteiger partial charge on any atom is -0.493 e. The molecule has 0 amide bonds. The summed E-state index contributed by atoms with van der Waals surface area (Å²) in [5.41, 5.74) is 1.97. The van der Waals surface area contributed by atoms with Gasteiger partial charge in [0, 0.05) is 0 Å². The molecule has 40 heavy (non-hydrogen) atoms. The van der Waals surface area contributed by atoms with Crippen LogP contribution in [0, 0.1) is 0 Å². The average Bonchev–Trinajstić information content (AvgIpc) is 3.27. The van der Waals surface area contributed by atoms with Crippen molar-refractivity contribution in [3.8, 4) is 11.5 Å². The summed E-state index contributed by atoms with van der Waals surface area (Å²) in [5, 5.41) is 0. The number of fused-ring (bicyclic) bond motifs is 1. The predicted octanol–water partition coefficient (Wildman–Crippen LogP) is 3.32. The van der Waals surface area contributed by atoms with Crippen molar-refractivity contribution in [2.75, 3.05) is 27.4 Å². The van der Waals surface area contributed by atoms with E-state index >= 15 is 0 Å². The molecule has 0 radical (unpaired) electrons. The van der Waals surface area contributed by atoms with E-state index in [1.165, 1.54) is 36.2 Å². The van der Waals surface area contributed by atoms with E-state index in [1.54, 1.807) is 55.5 Å². The van der Waals surface area contributed by atoms with E-state index in [9.17, 15) is 14.4 Å². The lowest BCUT2D eigenvalue weighted by Gasteiger charge is -2.24. The zero-order chi connectivity index (χ0) is 28.8. The van der Waals surface area contributed by atoms with Gasteiger partial charge in [0.2, 0.25) is 0 Å². The standard InChI is InChI=1S/C30H28N2O7S/c1-6-14-38-22-13-8-19(16-23(22)36-4)17-24-27(33)32-26(20-9-11-21(12-10-20)28(34)37-5)25(29(35)39-15-7-2)18(3)31-30(32)40-24/h6-13,16-17,26H,1-2,14-15H2,3-5H3. The smallest absolute Gasteiger partial charge is 0.338 e. The third kappa shape index (κ3) is 5.67. The van der Waals surface area contributed by atoms with Crippen LogP contribution in [0.3, 0.4) is 0 Å². The molecule has 10 heteroatoms. The minimum absolute atomic E-state index is 0.00236. The Morgan fingerprint density at radius 3 is 2.40 bits per heavy atom. The average molecular weight is 561 g/mol. The van der Waals surface area contributed by atoms with Crippen LogP contribution in [0.25, 0.3) is 6.08 Å². The second-order valence-corrected chi connectivity index (χ2v) is 9.60. The number of hydrogen-bond acceptors (Lipinski definition) is 9. The second kappa shape index (κ2) is 12.4. The molecular weight excluding hydrogens is 532 g/mol. The largest absolute Gasteiger partial charge is 0.493 e. The third-order valence-electron chi connectivity index (χ3n) is 6.06. The van der Waals surface area contributed by atoms with Gasteiger partial charge in [-0.05, 0) is 48.4 Å². The lowest BCUT2D eigenvalue weighted by Crippen LogP contribution is -2.40. The van der Waals surface area contributed by atoms with Crippen LogP contribution in [0.15, 0.2) is 88.8 Å². The van der Waals surface area contributed by atoms with Gasteiger partial charge in [0.05, 0.1) is 41.6 Å².